The summed E-state index contributed by atoms with van der Waals surface area (Å²) in [5, 5.41) is 13.3. The van der Waals surface area contributed by atoms with Gasteiger partial charge in [0.1, 0.15) is 18.5 Å². The smallest absolute Gasteiger partial charge is 0.329 e. The lowest BCUT2D eigenvalue weighted by Crippen LogP contribution is -2.30. The molecule has 9 nitrogen and oxygen atoms in total. The molecule has 3 N–H and O–H groups in total. The molecule has 0 amide bonds. The van der Waals surface area contributed by atoms with E-state index in [9.17, 15) is 14.7 Å². The fourth-order valence-electron chi connectivity index (χ4n) is 2.77. The Morgan fingerprint density at radius 2 is 2.08 bits per heavy atom. The lowest BCUT2D eigenvalue weighted by Gasteiger charge is -2.16. The van der Waals surface area contributed by atoms with Crippen molar-refractivity contribution in [2.75, 3.05) is 19.0 Å². The van der Waals surface area contributed by atoms with Gasteiger partial charge in [-0.3, -0.25) is 14.3 Å². The number of benzene rings is 1. The predicted molar refractivity (Wildman–Crippen MR) is 97.8 cm³/mol. The third-order valence-corrected chi connectivity index (χ3v) is 4.15. The van der Waals surface area contributed by atoms with Gasteiger partial charge in [-0.05, 0) is 18.6 Å². The Kier molecular flexibility index (Phi) is 4.81. The largest absolute Gasteiger partial charge is 0.491 e. The van der Waals surface area contributed by atoms with Gasteiger partial charge in [0, 0.05) is 14.1 Å². The summed E-state index contributed by atoms with van der Waals surface area (Å²) in [4.78, 5) is 30.5. The molecule has 1 unspecified atom stereocenters. The zero-order valence-corrected chi connectivity index (χ0v) is 14.8. The van der Waals surface area contributed by atoms with Crippen molar-refractivity contribution in [3.05, 3.63) is 50.7 Å². The summed E-state index contributed by atoms with van der Waals surface area (Å²) < 4.78 is 8.46. The average Bonchev–Trinajstić information content (AvgIpc) is 2.98. The summed E-state index contributed by atoms with van der Waals surface area (Å²) in [7, 11) is 3.18. The molecule has 1 aromatic carbocycles. The van der Waals surface area contributed by atoms with Crippen molar-refractivity contribution >= 4 is 17.1 Å². The number of nitrogens with zero attached hydrogens (tertiary/aromatic N) is 3. The van der Waals surface area contributed by atoms with Gasteiger partial charge in [0.05, 0.1) is 6.54 Å². The van der Waals surface area contributed by atoms with Gasteiger partial charge < -0.3 is 19.7 Å². The van der Waals surface area contributed by atoms with Crippen molar-refractivity contribution < 1.29 is 9.84 Å². The van der Waals surface area contributed by atoms with Crippen LogP contribution in [0.4, 0.5) is 5.95 Å². The number of anilines is 1. The van der Waals surface area contributed by atoms with Crippen molar-refractivity contribution in [1.29, 1.82) is 0 Å². The molecule has 0 saturated heterocycles. The van der Waals surface area contributed by atoms with E-state index in [1.165, 1.54) is 11.6 Å². The van der Waals surface area contributed by atoms with Crippen LogP contribution in [0.1, 0.15) is 5.56 Å². The number of hydrogen-bond donors (Lipinski definition) is 3. The van der Waals surface area contributed by atoms with Crippen LogP contribution in [-0.4, -0.2) is 44.0 Å². The summed E-state index contributed by atoms with van der Waals surface area (Å²) in [5.41, 5.74) is 0.332. The van der Waals surface area contributed by atoms with Gasteiger partial charge in [0.25, 0.3) is 5.56 Å². The highest BCUT2D eigenvalue weighted by Gasteiger charge is 2.19. The van der Waals surface area contributed by atoms with Gasteiger partial charge in [-0.25, -0.2) is 4.79 Å². The molecule has 0 bridgehead atoms. The molecule has 9 heteroatoms. The Morgan fingerprint density at radius 3 is 2.77 bits per heavy atom. The number of fused-ring (bicyclic) bond motifs is 1. The van der Waals surface area contributed by atoms with Crippen LogP contribution in [-0.2, 0) is 13.6 Å². The lowest BCUT2D eigenvalue weighted by atomic mass is 10.2. The van der Waals surface area contributed by atoms with Crippen LogP contribution in [0.2, 0.25) is 0 Å². The van der Waals surface area contributed by atoms with Gasteiger partial charge in [0.15, 0.2) is 11.2 Å². The van der Waals surface area contributed by atoms with E-state index < -0.39 is 17.4 Å². The maximum Gasteiger partial charge on any atom is 0.329 e. The van der Waals surface area contributed by atoms with Crippen LogP contribution in [0.3, 0.4) is 0 Å². The van der Waals surface area contributed by atoms with Gasteiger partial charge in [-0.15, -0.1) is 0 Å². The van der Waals surface area contributed by atoms with Gasteiger partial charge in [-0.2, -0.15) is 4.98 Å². The minimum Gasteiger partial charge on any atom is -0.491 e. The molecule has 2 heterocycles. The predicted octanol–water partition coefficient (Wildman–Crippen LogP) is 0.213. The van der Waals surface area contributed by atoms with E-state index in [1.54, 1.807) is 11.6 Å². The van der Waals surface area contributed by atoms with Gasteiger partial charge >= 0.3 is 5.69 Å². The first-order chi connectivity index (χ1) is 12.4. The van der Waals surface area contributed by atoms with E-state index in [4.69, 9.17) is 4.74 Å². The standard InChI is InChI=1S/C17H21N5O4/c1-10-6-4-5-7-12(10)26-9-11(23)8-22-13-14(19-16(22)18-2)21(3)17(25)20-15(13)24/h4-7,11,23H,8-9H2,1-3H3,(H,18,19)(H,20,24,25). The van der Waals surface area contributed by atoms with Crippen LogP contribution in [0.25, 0.3) is 11.2 Å². The second-order valence-electron chi connectivity index (χ2n) is 6.02. The highest BCUT2D eigenvalue weighted by Crippen LogP contribution is 2.18. The Morgan fingerprint density at radius 1 is 1.35 bits per heavy atom. The van der Waals surface area contributed by atoms with E-state index >= 15 is 0 Å². The summed E-state index contributed by atoms with van der Waals surface area (Å²) in [5.74, 6) is 1.07. The van der Waals surface area contributed by atoms with Crippen molar-refractivity contribution in [3.63, 3.8) is 0 Å². The van der Waals surface area contributed by atoms with Gasteiger partial charge in [0.2, 0.25) is 5.95 Å². The molecule has 1 atom stereocenters. The fourth-order valence-corrected chi connectivity index (χ4v) is 2.77. The summed E-state index contributed by atoms with van der Waals surface area (Å²) >= 11 is 0. The zero-order valence-electron chi connectivity index (χ0n) is 14.8. The number of aryl methyl sites for hydroxylation is 2. The Labute approximate surface area is 148 Å². The Balaban J connectivity index is 1.88. The molecule has 0 aliphatic carbocycles. The van der Waals surface area contributed by atoms with Crippen molar-refractivity contribution in [1.82, 2.24) is 19.1 Å². The van der Waals surface area contributed by atoms with E-state index in [1.807, 2.05) is 31.2 Å². The van der Waals surface area contributed by atoms with Crippen LogP contribution in [0.15, 0.2) is 33.9 Å². The molecule has 138 valence electrons. The number of imidazole rings is 1. The van der Waals surface area contributed by atoms with Crippen molar-refractivity contribution in [2.45, 2.75) is 19.6 Å². The highest BCUT2D eigenvalue weighted by atomic mass is 16.5. The number of nitrogens with one attached hydrogen (secondary N) is 2. The fraction of sp³-hybridized carbons (Fsp3) is 0.353. The number of aromatic amines is 1. The second-order valence-corrected chi connectivity index (χ2v) is 6.02. The molecule has 0 spiro atoms. The van der Waals surface area contributed by atoms with Crippen LogP contribution in [0.5, 0.6) is 5.75 Å². The number of ether oxygens (including phenoxy) is 1. The number of hydrogen-bond acceptors (Lipinski definition) is 6. The first kappa shape index (κ1) is 17.7. The lowest BCUT2D eigenvalue weighted by molar-refractivity contribution is 0.0935. The molecule has 0 aliphatic heterocycles. The number of H-pyrrole nitrogens is 1. The van der Waals surface area contributed by atoms with Crippen LogP contribution < -0.4 is 21.3 Å². The zero-order chi connectivity index (χ0) is 18.8. The molecular weight excluding hydrogens is 338 g/mol. The molecule has 3 aromatic rings. The van der Waals surface area contributed by atoms with Crippen LogP contribution >= 0.6 is 0 Å². The van der Waals surface area contributed by atoms with Crippen LogP contribution in [0, 0.1) is 6.92 Å². The van der Waals surface area contributed by atoms with Crippen molar-refractivity contribution in [2.24, 2.45) is 7.05 Å². The first-order valence-corrected chi connectivity index (χ1v) is 8.16. The first-order valence-electron chi connectivity index (χ1n) is 8.16. The molecule has 2 aromatic heterocycles. The number of aliphatic hydroxyl groups is 1. The number of aromatic nitrogens is 4. The van der Waals surface area contributed by atoms with E-state index in [-0.39, 0.29) is 24.3 Å². The minimum atomic E-state index is -0.879. The van der Waals surface area contributed by atoms with E-state index in [2.05, 4.69) is 15.3 Å². The highest BCUT2D eigenvalue weighted by molar-refractivity contribution is 5.74. The number of rotatable bonds is 6. The molecule has 0 saturated carbocycles. The molecular formula is C17H21N5O4. The minimum absolute atomic E-state index is 0.0529. The summed E-state index contributed by atoms with van der Waals surface area (Å²) in [6.07, 6.45) is -0.879. The maximum atomic E-state index is 12.2. The topological polar surface area (TPSA) is 114 Å². The monoisotopic (exact) mass is 359 g/mol. The molecule has 26 heavy (non-hydrogen) atoms. The quantitative estimate of drug-likeness (QED) is 0.580. The third kappa shape index (κ3) is 3.21. The number of aliphatic hydroxyl groups excluding tert-OH is 1. The normalized spacial score (nSPS) is 12.3. The molecule has 3 rings (SSSR count). The summed E-state index contributed by atoms with van der Waals surface area (Å²) in [6, 6.07) is 7.52. The molecule has 0 radical (unpaired) electrons. The SMILES string of the molecule is CNc1nc2c(c(=O)[nH]c(=O)n2C)n1CC(O)COc1ccccc1C. The Hall–Kier alpha value is -3.07. The maximum absolute atomic E-state index is 12.2. The average molecular weight is 359 g/mol. The van der Waals surface area contributed by atoms with E-state index in [0.717, 1.165) is 5.56 Å². The van der Waals surface area contributed by atoms with E-state index in [0.29, 0.717) is 11.7 Å². The molecule has 0 fully saturated rings. The second kappa shape index (κ2) is 7.04. The number of para-hydroxylation sites is 1. The molecule has 0 aliphatic rings. The van der Waals surface area contributed by atoms with Gasteiger partial charge in [-0.1, -0.05) is 18.2 Å². The Bertz CT molecular complexity index is 1050. The summed E-state index contributed by atoms with van der Waals surface area (Å²) in [6.45, 7) is 2.06. The van der Waals surface area contributed by atoms with Crippen molar-refractivity contribution in [3.8, 4) is 5.75 Å². The third-order valence-electron chi connectivity index (χ3n) is 4.15.